The highest BCUT2D eigenvalue weighted by atomic mass is 19.1. The van der Waals surface area contributed by atoms with E-state index in [0.29, 0.717) is 17.8 Å². The third kappa shape index (κ3) is 4.63. The van der Waals surface area contributed by atoms with Crippen LogP contribution in [0.25, 0.3) is 0 Å². The minimum atomic E-state index is -0.324. The van der Waals surface area contributed by atoms with Gasteiger partial charge in [0, 0.05) is 18.7 Å². The lowest BCUT2D eigenvalue weighted by Crippen LogP contribution is -2.23. The summed E-state index contributed by atoms with van der Waals surface area (Å²) in [5, 5.41) is 5.79. The quantitative estimate of drug-likeness (QED) is 0.707. The second kappa shape index (κ2) is 8.20. The van der Waals surface area contributed by atoms with Crippen molar-refractivity contribution in [3.8, 4) is 0 Å². The first kappa shape index (κ1) is 17.5. The number of aromatic nitrogens is 1. The fraction of sp³-hybridized carbons (Fsp3) is 0.100. The zero-order valence-corrected chi connectivity index (χ0v) is 13.9. The lowest BCUT2D eigenvalue weighted by Gasteiger charge is -2.08. The van der Waals surface area contributed by atoms with Crippen LogP contribution in [0.15, 0.2) is 66.9 Å². The predicted octanol–water partition coefficient (Wildman–Crippen LogP) is 3.90. The normalized spacial score (nSPS) is 10.4. The van der Waals surface area contributed by atoms with Gasteiger partial charge in [-0.05, 0) is 35.9 Å². The van der Waals surface area contributed by atoms with Crippen molar-refractivity contribution in [2.24, 2.45) is 0 Å². The molecule has 0 aliphatic heterocycles. The Hall–Kier alpha value is -3.28. The minimum Gasteiger partial charge on any atom is -0.380 e. The molecule has 3 aromatic rings. The van der Waals surface area contributed by atoms with E-state index in [1.165, 1.54) is 24.4 Å². The number of benzene rings is 2. The van der Waals surface area contributed by atoms with Crippen molar-refractivity contribution >= 4 is 11.6 Å². The number of nitrogens with zero attached hydrogens (tertiary/aromatic N) is 1. The standard InChI is InChI=1S/C20H17F2N3O/c21-16-7-5-14(6-8-16)11-25-20(26)19-10-9-17(13-24-19)23-12-15-3-1-2-4-18(15)22/h1-10,13,23H,11-12H2,(H,25,26). The van der Waals surface area contributed by atoms with Crippen LogP contribution in [-0.2, 0) is 13.1 Å². The summed E-state index contributed by atoms with van der Waals surface area (Å²) in [5.74, 6) is -0.917. The van der Waals surface area contributed by atoms with Crippen LogP contribution in [0.2, 0.25) is 0 Å². The highest BCUT2D eigenvalue weighted by Gasteiger charge is 2.07. The lowest BCUT2D eigenvalue weighted by molar-refractivity contribution is 0.0946. The van der Waals surface area contributed by atoms with Crippen LogP contribution in [-0.4, -0.2) is 10.9 Å². The summed E-state index contributed by atoms with van der Waals surface area (Å²) in [7, 11) is 0. The van der Waals surface area contributed by atoms with Crippen molar-refractivity contribution in [3.05, 3.63) is 95.3 Å². The number of nitrogens with one attached hydrogen (secondary N) is 2. The average molecular weight is 353 g/mol. The Bertz CT molecular complexity index is 880. The lowest BCUT2D eigenvalue weighted by atomic mass is 10.2. The largest absolute Gasteiger partial charge is 0.380 e. The molecule has 0 aliphatic carbocycles. The molecule has 0 spiro atoms. The molecule has 132 valence electrons. The van der Waals surface area contributed by atoms with Crippen LogP contribution in [0.4, 0.5) is 14.5 Å². The van der Waals surface area contributed by atoms with E-state index in [2.05, 4.69) is 15.6 Å². The zero-order chi connectivity index (χ0) is 18.4. The van der Waals surface area contributed by atoms with Crippen LogP contribution in [0.1, 0.15) is 21.6 Å². The van der Waals surface area contributed by atoms with E-state index in [4.69, 9.17) is 0 Å². The first-order valence-electron chi connectivity index (χ1n) is 8.08. The number of pyridine rings is 1. The summed E-state index contributed by atoms with van der Waals surface area (Å²) in [6.45, 7) is 0.610. The second-order valence-electron chi connectivity index (χ2n) is 5.69. The SMILES string of the molecule is O=C(NCc1ccc(F)cc1)c1ccc(NCc2ccccc2F)cn1. The molecule has 1 heterocycles. The number of carbonyl (C=O) groups excluding carboxylic acids is 1. The first-order chi connectivity index (χ1) is 12.6. The number of hydrogen-bond acceptors (Lipinski definition) is 3. The molecule has 0 atom stereocenters. The van der Waals surface area contributed by atoms with Gasteiger partial charge in [-0.2, -0.15) is 0 Å². The fourth-order valence-electron chi connectivity index (χ4n) is 2.35. The molecule has 0 saturated carbocycles. The third-order valence-corrected chi connectivity index (χ3v) is 3.80. The number of anilines is 1. The van der Waals surface area contributed by atoms with Gasteiger partial charge in [0.05, 0.1) is 11.9 Å². The zero-order valence-electron chi connectivity index (χ0n) is 13.9. The summed E-state index contributed by atoms with van der Waals surface area (Å²) in [4.78, 5) is 16.2. The molecule has 0 aliphatic rings. The molecule has 2 aromatic carbocycles. The van der Waals surface area contributed by atoms with Crippen molar-refractivity contribution in [1.82, 2.24) is 10.3 Å². The van der Waals surface area contributed by atoms with Crippen molar-refractivity contribution in [2.45, 2.75) is 13.1 Å². The molecule has 1 aromatic heterocycles. The molecule has 2 N–H and O–H groups in total. The molecule has 3 rings (SSSR count). The topological polar surface area (TPSA) is 54.0 Å². The Morgan fingerprint density at radius 3 is 2.38 bits per heavy atom. The maximum absolute atomic E-state index is 13.6. The first-order valence-corrected chi connectivity index (χ1v) is 8.08. The van der Waals surface area contributed by atoms with Gasteiger partial charge < -0.3 is 10.6 Å². The van der Waals surface area contributed by atoms with Gasteiger partial charge in [0.2, 0.25) is 0 Å². The molecule has 0 radical (unpaired) electrons. The number of carbonyl (C=O) groups is 1. The van der Waals surface area contributed by atoms with E-state index in [0.717, 1.165) is 5.56 Å². The Balaban J connectivity index is 1.54. The molecule has 26 heavy (non-hydrogen) atoms. The van der Waals surface area contributed by atoms with Crippen LogP contribution in [0.3, 0.4) is 0 Å². The van der Waals surface area contributed by atoms with Crippen LogP contribution in [0, 0.1) is 11.6 Å². The van der Waals surface area contributed by atoms with Gasteiger partial charge in [-0.3, -0.25) is 4.79 Å². The maximum atomic E-state index is 13.6. The Morgan fingerprint density at radius 1 is 0.923 bits per heavy atom. The Morgan fingerprint density at radius 2 is 1.69 bits per heavy atom. The highest BCUT2D eigenvalue weighted by Crippen LogP contribution is 2.11. The third-order valence-electron chi connectivity index (χ3n) is 3.80. The van der Waals surface area contributed by atoms with Gasteiger partial charge in [-0.25, -0.2) is 13.8 Å². The molecular formula is C20H17F2N3O. The maximum Gasteiger partial charge on any atom is 0.270 e. The van der Waals surface area contributed by atoms with E-state index >= 15 is 0 Å². The second-order valence-corrected chi connectivity index (χ2v) is 5.69. The van der Waals surface area contributed by atoms with Gasteiger partial charge in [-0.1, -0.05) is 30.3 Å². The van der Waals surface area contributed by atoms with Crippen molar-refractivity contribution < 1.29 is 13.6 Å². The molecule has 6 heteroatoms. The Kier molecular flexibility index (Phi) is 5.53. The number of hydrogen-bond donors (Lipinski definition) is 2. The van der Waals surface area contributed by atoms with Crippen molar-refractivity contribution in [3.63, 3.8) is 0 Å². The van der Waals surface area contributed by atoms with Gasteiger partial charge in [-0.15, -0.1) is 0 Å². The van der Waals surface area contributed by atoms with Gasteiger partial charge in [0.25, 0.3) is 5.91 Å². The van der Waals surface area contributed by atoms with Gasteiger partial charge in [0.15, 0.2) is 0 Å². The van der Waals surface area contributed by atoms with E-state index in [1.54, 1.807) is 42.5 Å². The summed E-state index contributed by atoms with van der Waals surface area (Å²) >= 11 is 0. The average Bonchev–Trinajstić information content (AvgIpc) is 2.67. The monoisotopic (exact) mass is 353 g/mol. The predicted molar refractivity (Wildman–Crippen MR) is 95.5 cm³/mol. The molecule has 0 saturated heterocycles. The summed E-state index contributed by atoms with van der Waals surface area (Å²) in [6, 6.07) is 15.7. The molecular weight excluding hydrogens is 336 g/mol. The van der Waals surface area contributed by atoms with Crippen LogP contribution >= 0.6 is 0 Å². The van der Waals surface area contributed by atoms with E-state index in [1.807, 2.05) is 0 Å². The number of halogens is 2. The fourth-order valence-corrected chi connectivity index (χ4v) is 2.35. The van der Waals surface area contributed by atoms with Crippen LogP contribution in [0.5, 0.6) is 0 Å². The van der Waals surface area contributed by atoms with Crippen molar-refractivity contribution in [1.29, 1.82) is 0 Å². The Labute approximate surface area is 149 Å². The minimum absolute atomic E-state index is 0.267. The van der Waals surface area contributed by atoms with Crippen molar-refractivity contribution in [2.75, 3.05) is 5.32 Å². The van der Waals surface area contributed by atoms with Gasteiger partial charge in [0.1, 0.15) is 17.3 Å². The molecule has 1 amide bonds. The summed E-state index contributed by atoms with van der Waals surface area (Å²) in [6.07, 6.45) is 1.52. The number of amides is 1. The smallest absolute Gasteiger partial charge is 0.270 e. The summed E-state index contributed by atoms with van der Waals surface area (Å²) < 4.78 is 26.4. The van der Waals surface area contributed by atoms with Gasteiger partial charge >= 0.3 is 0 Å². The van der Waals surface area contributed by atoms with E-state index in [9.17, 15) is 13.6 Å². The van der Waals surface area contributed by atoms with E-state index < -0.39 is 0 Å². The molecule has 0 unspecified atom stereocenters. The summed E-state index contributed by atoms with van der Waals surface area (Å²) in [5.41, 5.74) is 2.29. The molecule has 0 fully saturated rings. The van der Waals surface area contributed by atoms with Crippen LogP contribution < -0.4 is 10.6 Å². The highest BCUT2D eigenvalue weighted by molar-refractivity contribution is 5.92. The number of rotatable bonds is 6. The molecule has 0 bridgehead atoms. The van der Waals surface area contributed by atoms with E-state index in [-0.39, 0.29) is 29.8 Å². The molecule has 4 nitrogen and oxygen atoms in total.